The maximum absolute atomic E-state index is 12.6. The Balaban J connectivity index is 1.44. The van der Waals surface area contributed by atoms with Crippen molar-refractivity contribution in [2.24, 2.45) is 0 Å². The largest absolute Gasteiger partial charge is 0.493 e. The first-order chi connectivity index (χ1) is 20.8. The molecule has 0 spiro atoms. The minimum atomic E-state index is -0.0154. The number of thiazole rings is 1. The summed E-state index contributed by atoms with van der Waals surface area (Å²) in [6, 6.07) is 15.0. The Labute approximate surface area is 266 Å². The molecule has 3 rings (SSSR count). The van der Waals surface area contributed by atoms with E-state index in [1.165, 1.54) is 87.3 Å². The number of unbranched alkanes of at least 4 members (excludes halogenated alkanes) is 11. The third kappa shape index (κ3) is 12.8. The second-order valence-electron chi connectivity index (χ2n) is 13.1. The fraction of sp³-hybridized carbons (Fsp3) is 0.579. The van der Waals surface area contributed by atoms with Crippen LogP contribution in [0, 0.1) is 0 Å². The molecular weight excluding hydrogens is 548 g/mol. The lowest BCUT2D eigenvalue weighted by molar-refractivity contribution is -0.683. The molecule has 0 saturated carbocycles. The molecule has 3 aromatic rings. The highest BCUT2D eigenvalue weighted by atomic mass is 32.1. The van der Waals surface area contributed by atoms with Crippen LogP contribution in [0.2, 0.25) is 0 Å². The van der Waals surface area contributed by atoms with E-state index in [0.29, 0.717) is 6.54 Å². The maximum Gasteiger partial charge on any atom is 0.224 e. The molecule has 1 aromatic heterocycles. The summed E-state index contributed by atoms with van der Waals surface area (Å²) in [6.45, 7) is 13.0. The molecule has 0 bridgehead atoms. The molecule has 0 unspecified atom stereocenters. The van der Waals surface area contributed by atoms with Crippen molar-refractivity contribution in [1.29, 1.82) is 0 Å². The standard InChI is InChI=1S/C38H57N2O2S/c1-6-7-8-9-10-11-12-13-14-15-16-17-27-42-37-23-20-33(29-36(37)38(3,4)5)24-25-40(32(2)41)35-21-18-34(19-22-35)30-39-26-28-43-31-39/h18-23,26,28-29,31H,6-17,24-25,27,30H2,1-5H3/q+1. The minimum absolute atomic E-state index is 0.0154. The van der Waals surface area contributed by atoms with Gasteiger partial charge in [0.15, 0.2) is 12.7 Å². The Kier molecular flexibility index (Phi) is 15.3. The Hall–Kier alpha value is -2.66. The molecule has 4 nitrogen and oxygen atoms in total. The van der Waals surface area contributed by atoms with Crippen LogP contribution < -0.4 is 14.2 Å². The van der Waals surface area contributed by atoms with Crippen LogP contribution in [0.4, 0.5) is 5.69 Å². The van der Waals surface area contributed by atoms with E-state index in [1.807, 2.05) is 4.90 Å². The molecule has 0 atom stereocenters. The number of ether oxygens (including phenoxy) is 1. The summed E-state index contributed by atoms with van der Waals surface area (Å²) < 4.78 is 8.49. The normalized spacial score (nSPS) is 11.6. The summed E-state index contributed by atoms with van der Waals surface area (Å²) >= 11 is 1.69. The van der Waals surface area contributed by atoms with Gasteiger partial charge in [-0.2, -0.15) is 4.57 Å². The van der Waals surface area contributed by atoms with Crippen molar-refractivity contribution in [3.63, 3.8) is 0 Å². The van der Waals surface area contributed by atoms with Crippen LogP contribution in [0.3, 0.4) is 0 Å². The Morgan fingerprint density at radius 2 is 1.44 bits per heavy atom. The van der Waals surface area contributed by atoms with Crippen molar-refractivity contribution in [2.45, 2.75) is 130 Å². The number of rotatable bonds is 20. The molecule has 0 fully saturated rings. The fourth-order valence-electron chi connectivity index (χ4n) is 5.62. The number of amides is 1. The molecule has 0 radical (unpaired) electrons. The first-order valence-electron chi connectivity index (χ1n) is 16.8. The topological polar surface area (TPSA) is 33.4 Å². The summed E-state index contributed by atoms with van der Waals surface area (Å²) in [7, 11) is 0. The average molecular weight is 606 g/mol. The highest BCUT2D eigenvalue weighted by molar-refractivity contribution is 7.07. The fourth-order valence-corrected chi connectivity index (χ4v) is 6.22. The monoisotopic (exact) mass is 605 g/mol. The predicted octanol–water partition coefficient (Wildman–Crippen LogP) is 10.1. The highest BCUT2D eigenvalue weighted by Gasteiger charge is 2.20. The van der Waals surface area contributed by atoms with Crippen molar-refractivity contribution in [3.05, 3.63) is 76.2 Å². The molecular formula is C38H57N2O2S+. The van der Waals surface area contributed by atoms with E-state index in [2.05, 4.69) is 91.8 Å². The summed E-state index contributed by atoms with van der Waals surface area (Å²) in [5.74, 6) is 1.07. The first-order valence-corrected chi connectivity index (χ1v) is 17.8. The number of anilines is 1. The average Bonchev–Trinajstić information content (AvgIpc) is 3.49. The first kappa shape index (κ1) is 34.8. The van der Waals surface area contributed by atoms with E-state index in [-0.39, 0.29) is 11.3 Å². The number of hydrogen-bond acceptors (Lipinski definition) is 3. The molecule has 236 valence electrons. The van der Waals surface area contributed by atoms with Gasteiger partial charge < -0.3 is 9.64 Å². The van der Waals surface area contributed by atoms with Crippen LogP contribution in [-0.2, 0) is 23.2 Å². The van der Waals surface area contributed by atoms with Gasteiger partial charge in [-0.15, -0.1) is 0 Å². The molecule has 0 N–H and O–H groups in total. The smallest absolute Gasteiger partial charge is 0.224 e. The van der Waals surface area contributed by atoms with E-state index in [4.69, 9.17) is 4.74 Å². The number of aromatic nitrogens is 1. The molecule has 0 aliphatic heterocycles. The zero-order valence-electron chi connectivity index (χ0n) is 27.7. The molecule has 43 heavy (non-hydrogen) atoms. The van der Waals surface area contributed by atoms with Gasteiger partial charge in [0.05, 0.1) is 12.0 Å². The van der Waals surface area contributed by atoms with Gasteiger partial charge >= 0.3 is 0 Å². The quantitative estimate of drug-likeness (QED) is 0.0948. The van der Waals surface area contributed by atoms with Gasteiger partial charge in [0.2, 0.25) is 11.4 Å². The molecule has 1 amide bonds. The van der Waals surface area contributed by atoms with Gasteiger partial charge in [0.25, 0.3) is 0 Å². The van der Waals surface area contributed by atoms with E-state index in [1.54, 1.807) is 18.3 Å². The van der Waals surface area contributed by atoms with Crippen molar-refractivity contribution in [3.8, 4) is 5.75 Å². The summed E-state index contributed by atoms with van der Waals surface area (Å²) in [6.07, 6.45) is 19.1. The van der Waals surface area contributed by atoms with Crippen LogP contribution in [-0.4, -0.2) is 19.1 Å². The lowest BCUT2D eigenvalue weighted by Gasteiger charge is -2.25. The number of benzene rings is 2. The maximum atomic E-state index is 12.6. The summed E-state index contributed by atoms with van der Waals surface area (Å²) in [5, 5.41) is 2.08. The van der Waals surface area contributed by atoms with Crippen molar-refractivity contribution in [2.75, 3.05) is 18.1 Å². The minimum Gasteiger partial charge on any atom is -0.493 e. The van der Waals surface area contributed by atoms with Gasteiger partial charge in [-0.1, -0.05) is 134 Å². The Morgan fingerprint density at radius 3 is 2.00 bits per heavy atom. The van der Waals surface area contributed by atoms with Gasteiger partial charge in [-0.3, -0.25) is 4.79 Å². The van der Waals surface area contributed by atoms with Gasteiger partial charge in [0.1, 0.15) is 5.75 Å². The van der Waals surface area contributed by atoms with Gasteiger partial charge in [-0.25, -0.2) is 0 Å². The van der Waals surface area contributed by atoms with Crippen molar-refractivity contribution >= 4 is 22.9 Å². The molecule has 5 heteroatoms. The van der Waals surface area contributed by atoms with Crippen LogP contribution in [0.15, 0.2) is 59.6 Å². The Bertz CT molecular complexity index is 1180. The predicted molar refractivity (Wildman–Crippen MR) is 184 cm³/mol. The SMILES string of the molecule is CCCCCCCCCCCCCCOc1ccc(CCN(C(C)=O)c2ccc(C[n+]3ccsc3)cc2)cc1C(C)(C)C. The van der Waals surface area contributed by atoms with Crippen LogP contribution >= 0.6 is 11.3 Å². The van der Waals surface area contributed by atoms with Crippen LogP contribution in [0.25, 0.3) is 0 Å². The van der Waals surface area contributed by atoms with Crippen LogP contribution in [0.1, 0.15) is 128 Å². The van der Waals surface area contributed by atoms with Crippen molar-refractivity contribution < 1.29 is 14.1 Å². The molecule has 0 aliphatic carbocycles. The van der Waals surface area contributed by atoms with E-state index >= 15 is 0 Å². The van der Waals surface area contributed by atoms with Crippen molar-refractivity contribution in [1.82, 2.24) is 0 Å². The summed E-state index contributed by atoms with van der Waals surface area (Å²) in [4.78, 5) is 14.5. The van der Waals surface area contributed by atoms with Gasteiger partial charge in [-0.05, 0) is 47.6 Å². The van der Waals surface area contributed by atoms with E-state index < -0.39 is 0 Å². The molecule has 0 saturated heterocycles. The second kappa shape index (κ2) is 18.9. The van der Waals surface area contributed by atoms with Gasteiger partial charge in [0, 0.05) is 24.7 Å². The summed E-state index contributed by atoms with van der Waals surface area (Å²) in [5.41, 5.74) is 6.75. The lowest BCUT2D eigenvalue weighted by Crippen LogP contribution is -2.31. The third-order valence-corrected chi connectivity index (χ3v) is 8.92. The molecule has 0 aliphatic rings. The Morgan fingerprint density at radius 1 is 0.837 bits per heavy atom. The third-order valence-electron chi connectivity index (χ3n) is 8.25. The zero-order chi connectivity index (χ0) is 30.9. The zero-order valence-corrected chi connectivity index (χ0v) is 28.5. The number of nitrogens with zero attached hydrogens (tertiary/aromatic N) is 2. The molecule has 1 heterocycles. The highest BCUT2D eigenvalue weighted by Crippen LogP contribution is 2.33. The van der Waals surface area contributed by atoms with E-state index in [0.717, 1.165) is 37.4 Å². The number of carbonyl (C=O) groups excluding carboxylic acids is 1. The van der Waals surface area contributed by atoms with Crippen LogP contribution in [0.5, 0.6) is 5.75 Å². The number of hydrogen-bond donors (Lipinski definition) is 0. The number of carbonyl (C=O) groups is 1. The van der Waals surface area contributed by atoms with E-state index in [9.17, 15) is 4.79 Å². The lowest BCUT2D eigenvalue weighted by atomic mass is 9.85. The second-order valence-corrected chi connectivity index (χ2v) is 13.9. The molecule has 2 aromatic carbocycles.